The van der Waals surface area contributed by atoms with Gasteiger partial charge < -0.3 is 16.0 Å². The molecular weight excluding hydrogens is 238 g/mol. The Balaban J connectivity index is 1.84. The van der Waals surface area contributed by atoms with Crippen LogP contribution in [0.3, 0.4) is 0 Å². The van der Waals surface area contributed by atoms with Crippen molar-refractivity contribution in [3.05, 3.63) is 30.3 Å². The molecule has 2 atom stereocenters. The third kappa shape index (κ3) is 3.70. The minimum absolute atomic E-state index is 0.0123. The number of anilines is 1. The lowest BCUT2D eigenvalue weighted by molar-refractivity contribution is -0.123. The molecule has 1 aliphatic heterocycles. The molecule has 4 heteroatoms. The van der Waals surface area contributed by atoms with E-state index in [1.54, 1.807) is 0 Å². The fourth-order valence-electron chi connectivity index (χ4n) is 2.50. The highest BCUT2D eigenvalue weighted by atomic mass is 16.2. The average Bonchev–Trinajstić information content (AvgIpc) is 2.88. The largest absolute Gasteiger partial charge is 0.369 e. The Hall–Kier alpha value is -1.55. The predicted octanol–water partition coefficient (Wildman–Crippen LogP) is 1.51. The van der Waals surface area contributed by atoms with Crippen molar-refractivity contribution >= 4 is 11.6 Å². The number of hydrogen-bond donors (Lipinski definition) is 2. The summed E-state index contributed by atoms with van der Waals surface area (Å²) in [5.74, 6) is -0.0123. The smallest absolute Gasteiger partial charge is 0.237 e. The summed E-state index contributed by atoms with van der Waals surface area (Å²) in [6.45, 7) is 3.90. The van der Waals surface area contributed by atoms with E-state index >= 15 is 0 Å². The van der Waals surface area contributed by atoms with Crippen LogP contribution in [0.2, 0.25) is 0 Å². The Kier molecular flexibility index (Phi) is 4.80. The van der Waals surface area contributed by atoms with Gasteiger partial charge >= 0.3 is 0 Å². The maximum Gasteiger partial charge on any atom is 0.237 e. The molecule has 3 N–H and O–H groups in total. The van der Waals surface area contributed by atoms with Gasteiger partial charge in [0.25, 0.3) is 0 Å². The van der Waals surface area contributed by atoms with Gasteiger partial charge in [-0.1, -0.05) is 31.5 Å². The molecule has 0 aliphatic carbocycles. The number of para-hydroxylation sites is 1. The minimum Gasteiger partial charge on any atom is -0.369 e. The van der Waals surface area contributed by atoms with E-state index in [-0.39, 0.29) is 18.0 Å². The molecule has 0 aromatic heterocycles. The van der Waals surface area contributed by atoms with E-state index in [0.717, 1.165) is 32.4 Å². The highest BCUT2D eigenvalue weighted by molar-refractivity contribution is 5.81. The summed E-state index contributed by atoms with van der Waals surface area (Å²) in [6, 6.07) is 10.2. The van der Waals surface area contributed by atoms with E-state index in [4.69, 9.17) is 5.73 Å². The summed E-state index contributed by atoms with van der Waals surface area (Å²) in [6.07, 6.45) is 2.68. The monoisotopic (exact) mass is 261 g/mol. The minimum atomic E-state index is -0.365. The molecule has 4 nitrogen and oxygen atoms in total. The zero-order valence-electron chi connectivity index (χ0n) is 11.5. The number of carbonyl (C=O) groups is 1. The van der Waals surface area contributed by atoms with Crippen LogP contribution in [-0.4, -0.2) is 31.1 Å². The fourth-order valence-corrected chi connectivity index (χ4v) is 2.50. The van der Waals surface area contributed by atoms with Gasteiger partial charge in [-0.05, 0) is 25.0 Å². The van der Waals surface area contributed by atoms with Crippen LogP contribution in [0, 0.1) is 0 Å². The van der Waals surface area contributed by atoms with Crippen molar-refractivity contribution in [3.63, 3.8) is 0 Å². The number of nitrogens with two attached hydrogens (primary N) is 1. The highest BCUT2D eigenvalue weighted by Crippen LogP contribution is 2.19. The molecule has 19 heavy (non-hydrogen) atoms. The van der Waals surface area contributed by atoms with Crippen molar-refractivity contribution in [3.8, 4) is 0 Å². The van der Waals surface area contributed by atoms with Crippen LogP contribution < -0.4 is 16.0 Å². The number of benzene rings is 1. The standard InChI is InChI=1S/C15H23N3O/c1-2-6-14(16)15(19)17-12-9-10-18(11-12)13-7-4-3-5-8-13/h3-5,7-8,12,14H,2,6,9-11,16H2,1H3,(H,17,19). The summed E-state index contributed by atoms with van der Waals surface area (Å²) < 4.78 is 0. The van der Waals surface area contributed by atoms with Gasteiger partial charge in [0.15, 0.2) is 0 Å². The van der Waals surface area contributed by atoms with Gasteiger partial charge in [0.1, 0.15) is 0 Å². The molecule has 1 fully saturated rings. The molecule has 1 aromatic rings. The molecule has 0 bridgehead atoms. The summed E-state index contributed by atoms with van der Waals surface area (Å²) in [4.78, 5) is 14.2. The molecule has 1 heterocycles. The number of amides is 1. The maximum absolute atomic E-state index is 11.9. The van der Waals surface area contributed by atoms with Gasteiger partial charge in [0.2, 0.25) is 5.91 Å². The summed E-state index contributed by atoms with van der Waals surface area (Å²) >= 11 is 0. The van der Waals surface area contributed by atoms with E-state index in [1.807, 2.05) is 25.1 Å². The van der Waals surface area contributed by atoms with E-state index < -0.39 is 0 Å². The molecule has 1 saturated heterocycles. The first-order valence-electron chi connectivity index (χ1n) is 7.06. The first-order chi connectivity index (χ1) is 9.20. The maximum atomic E-state index is 11.9. The summed E-state index contributed by atoms with van der Waals surface area (Å²) in [7, 11) is 0. The number of rotatable bonds is 5. The summed E-state index contributed by atoms with van der Waals surface area (Å²) in [5, 5.41) is 3.06. The van der Waals surface area contributed by atoms with Gasteiger partial charge in [-0.15, -0.1) is 0 Å². The predicted molar refractivity (Wildman–Crippen MR) is 78.1 cm³/mol. The van der Waals surface area contributed by atoms with Crippen molar-refractivity contribution in [2.45, 2.75) is 38.3 Å². The van der Waals surface area contributed by atoms with Gasteiger partial charge in [-0.2, -0.15) is 0 Å². The van der Waals surface area contributed by atoms with Crippen LogP contribution in [0.1, 0.15) is 26.2 Å². The fraction of sp³-hybridized carbons (Fsp3) is 0.533. The molecule has 1 aromatic carbocycles. The third-order valence-corrected chi connectivity index (χ3v) is 3.59. The van der Waals surface area contributed by atoms with Gasteiger partial charge in [0, 0.05) is 24.8 Å². The van der Waals surface area contributed by atoms with E-state index in [1.165, 1.54) is 5.69 Å². The van der Waals surface area contributed by atoms with E-state index in [0.29, 0.717) is 0 Å². The first kappa shape index (κ1) is 13.9. The molecule has 2 rings (SSSR count). The van der Waals surface area contributed by atoms with Crippen molar-refractivity contribution in [2.24, 2.45) is 5.73 Å². The Morgan fingerprint density at radius 1 is 1.47 bits per heavy atom. The van der Waals surface area contributed by atoms with Crippen LogP contribution in [0.15, 0.2) is 30.3 Å². The summed E-state index contributed by atoms with van der Waals surface area (Å²) in [5.41, 5.74) is 7.05. The molecule has 2 unspecified atom stereocenters. The van der Waals surface area contributed by atoms with Gasteiger partial charge in [0.05, 0.1) is 6.04 Å². The molecule has 1 aliphatic rings. The molecular formula is C15H23N3O. The van der Waals surface area contributed by atoms with Crippen LogP contribution in [-0.2, 0) is 4.79 Å². The van der Waals surface area contributed by atoms with Crippen molar-refractivity contribution in [1.29, 1.82) is 0 Å². The normalized spacial score (nSPS) is 20.3. The Morgan fingerprint density at radius 2 is 2.21 bits per heavy atom. The molecule has 1 amide bonds. The van der Waals surface area contributed by atoms with Crippen LogP contribution in [0.4, 0.5) is 5.69 Å². The van der Waals surface area contributed by atoms with Gasteiger partial charge in [-0.25, -0.2) is 0 Å². The number of hydrogen-bond acceptors (Lipinski definition) is 3. The van der Waals surface area contributed by atoms with Crippen LogP contribution >= 0.6 is 0 Å². The number of carbonyl (C=O) groups excluding carboxylic acids is 1. The lowest BCUT2D eigenvalue weighted by Gasteiger charge is -2.20. The lowest BCUT2D eigenvalue weighted by atomic mass is 10.1. The molecule has 0 radical (unpaired) electrons. The second-order valence-corrected chi connectivity index (χ2v) is 5.17. The van der Waals surface area contributed by atoms with Crippen molar-refractivity contribution in [2.75, 3.05) is 18.0 Å². The second kappa shape index (κ2) is 6.57. The Labute approximate surface area is 115 Å². The number of nitrogens with one attached hydrogen (secondary N) is 1. The molecule has 0 spiro atoms. The van der Waals surface area contributed by atoms with Crippen molar-refractivity contribution in [1.82, 2.24) is 5.32 Å². The van der Waals surface area contributed by atoms with Gasteiger partial charge in [-0.3, -0.25) is 4.79 Å². The zero-order chi connectivity index (χ0) is 13.7. The SMILES string of the molecule is CCCC(N)C(=O)NC1CCN(c2ccccc2)C1. The molecule has 0 saturated carbocycles. The lowest BCUT2D eigenvalue weighted by Crippen LogP contribution is -2.46. The number of nitrogens with zero attached hydrogens (tertiary/aromatic N) is 1. The Bertz CT molecular complexity index is 407. The highest BCUT2D eigenvalue weighted by Gasteiger charge is 2.25. The zero-order valence-corrected chi connectivity index (χ0v) is 11.5. The van der Waals surface area contributed by atoms with E-state index in [9.17, 15) is 4.79 Å². The van der Waals surface area contributed by atoms with Crippen molar-refractivity contribution < 1.29 is 4.79 Å². The molecule has 104 valence electrons. The van der Waals surface area contributed by atoms with Crippen LogP contribution in [0.5, 0.6) is 0 Å². The second-order valence-electron chi connectivity index (χ2n) is 5.17. The average molecular weight is 261 g/mol. The quantitative estimate of drug-likeness (QED) is 0.844. The third-order valence-electron chi connectivity index (χ3n) is 3.59. The van der Waals surface area contributed by atoms with Crippen LogP contribution in [0.25, 0.3) is 0 Å². The Morgan fingerprint density at radius 3 is 2.89 bits per heavy atom. The first-order valence-corrected chi connectivity index (χ1v) is 7.06. The topological polar surface area (TPSA) is 58.4 Å². The van der Waals surface area contributed by atoms with E-state index in [2.05, 4.69) is 22.3 Å².